The molecule has 0 saturated heterocycles. The van der Waals surface area contributed by atoms with Crippen molar-refractivity contribution in [1.29, 1.82) is 0 Å². The van der Waals surface area contributed by atoms with E-state index in [1.54, 1.807) is 0 Å². The van der Waals surface area contributed by atoms with Gasteiger partial charge < -0.3 is 0 Å². The van der Waals surface area contributed by atoms with Crippen molar-refractivity contribution in [2.24, 2.45) is 5.92 Å². The number of hydrogen-bond donors (Lipinski definition) is 0. The Hall–Kier alpha value is -0.520. The quantitative estimate of drug-likeness (QED) is 0.523. The van der Waals surface area contributed by atoms with Crippen LogP contribution in [-0.2, 0) is 0 Å². The predicted octanol–water partition coefficient (Wildman–Crippen LogP) is 3.95. The Morgan fingerprint density at radius 2 is 2.18 bits per heavy atom. The summed E-state index contributed by atoms with van der Waals surface area (Å²) in [5, 5.41) is 0. The van der Waals surface area contributed by atoms with E-state index >= 15 is 0 Å². The van der Waals surface area contributed by atoms with Crippen LogP contribution in [0.4, 0.5) is 0 Å². The molecule has 0 spiro atoms. The largest absolute Gasteiger partial charge is 0.100 e. The van der Waals surface area contributed by atoms with Gasteiger partial charge in [-0.05, 0) is 25.7 Å². The van der Waals surface area contributed by atoms with E-state index in [9.17, 15) is 0 Å². The van der Waals surface area contributed by atoms with Gasteiger partial charge in [0.1, 0.15) is 0 Å². The minimum atomic E-state index is 0.736. The molecular formula is C11H20. The highest BCUT2D eigenvalue weighted by atomic mass is 14.0. The zero-order chi connectivity index (χ0) is 8.69. The highest BCUT2D eigenvalue weighted by Crippen LogP contribution is 2.05. The Bertz CT molecular complexity index is 131. The Balaban J connectivity index is 3.36. The Morgan fingerprint density at radius 3 is 2.64 bits per heavy atom. The van der Waals surface area contributed by atoms with E-state index in [1.807, 2.05) is 0 Å². The molecule has 64 valence electrons. The summed E-state index contributed by atoms with van der Waals surface area (Å²) in [5.41, 5.74) is 1.28. The van der Waals surface area contributed by atoms with Gasteiger partial charge in [-0.3, -0.25) is 0 Å². The molecule has 0 unspecified atom stereocenters. The SMILES string of the molecule is C=C(C)CCC=C[C@@H](C)CC. The first kappa shape index (κ1) is 10.5. The minimum Gasteiger partial charge on any atom is -0.100 e. The van der Waals surface area contributed by atoms with Crippen LogP contribution >= 0.6 is 0 Å². The molecule has 0 saturated carbocycles. The molecule has 0 amide bonds. The molecule has 0 heterocycles. The monoisotopic (exact) mass is 152 g/mol. The van der Waals surface area contributed by atoms with E-state index in [0.29, 0.717) is 0 Å². The lowest BCUT2D eigenvalue weighted by Crippen LogP contribution is -1.83. The van der Waals surface area contributed by atoms with Crippen molar-refractivity contribution in [3.8, 4) is 0 Å². The molecule has 0 aliphatic carbocycles. The summed E-state index contributed by atoms with van der Waals surface area (Å²) in [5.74, 6) is 0.736. The summed E-state index contributed by atoms with van der Waals surface area (Å²) < 4.78 is 0. The van der Waals surface area contributed by atoms with Crippen molar-refractivity contribution in [2.45, 2.75) is 40.0 Å². The molecule has 0 N–H and O–H groups in total. The third kappa shape index (κ3) is 7.38. The Labute approximate surface area is 71.0 Å². The van der Waals surface area contributed by atoms with E-state index in [2.05, 4.69) is 39.5 Å². The van der Waals surface area contributed by atoms with Gasteiger partial charge in [0.25, 0.3) is 0 Å². The summed E-state index contributed by atoms with van der Waals surface area (Å²) in [4.78, 5) is 0. The molecule has 11 heavy (non-hydrogen) atoms. The first-order valence-corrected chi connectivity index (χ1v) is 4.47. The van der Waals surface area contributed by atoms with E-state index in [1.165, 1.54) is 12.0 Å². The summed E-state index contributed by atoms with van der Waals surface area (Å²) in [6.45, 7) is 10.4. The zero-order valence-electron chi connectivity index (χ0n) is 8.06. The van der Waals surface area contributed by atoms with Crippen molar-refractivity contribution < 1.29 is 0 Å². The highest BCUT2D eigenvalue weighted by Gasteiger charge is 1.89. The van der Waals surface area contributed by atoms with Crippen molar-refractivity contribution in [3.05, 3.63) is 24.3 Å². The summed E-state index contributed by atoms with van der Waals surface area (Å²) in [7, 11) is 0. The van der Waals surface area contributed by atoms with Crippen LogP contribution in [0.15, 0.2) is 24.3 Å². The van der Waals surface area contributed by atoms with Crippen LogP contribution in [0.2, 0.25) is 0 Å². The molecule has 0 aliphatic rings. The highest BCUT2D eigenvalue weighted by molar-refractivity contribution is 4.93. The molecule has 0 radical (unpaired) electrons. The van der Waals surface area contributed by atoms with Crippen LogP contribution in [0, 0.1) is 5.92 Å². The Morgan fingerprint density at radius 1 is 1.55 bits per heavy atom. The second kappa shape index (κ2) is 6.21. The van der Waals surface area contributed by atoms with E-state index in [4.69, 9.17) is 0 Å². The molecule has 0 heteroatoms. The van der Waals surface area contributed by atoms with Crippen molar-refractivity contribution in [2.75, 3.05) is 0 Å². The lowest BCUT2D eigenvalue weighted by atomic mass is 10.1. The van der Waals surface area contributed by atoms with Crippen molar-refractivity contribution >= 4 is 0 Å². The summed E-state index contributed by atoms with van der Waals surface area (Å²) >= 11 is 0. The minimum absolute atomic E-state index is 0.736. The van der Waals surface area contributed by atoms with E-state index in [-0.39, 0.29) is 0 Å². The average Bonchev–Trinajstić information content (AvgIpc) is 1.97. The number of allylic oxidation sites excluding steroid dienone is 3. The molecule has 0 aromatic rings. The lowest BCUT2D eigenvalue weighted by molar-refractivity contribution is 0.694. The standard InChI is InChI=1S/C11H20/c1-5-11(4)9-7-6-8-10(2)3/h7,9,11H,2,5-6,8H2,1,3-4H3/t11-/m0/s1. The van der Waals surface area contributed by atoms with Crippen LogP contribution in [0.5, 0.6) is 0 Å². The molecule has 1 atom stereocenters. The van der Waals surface area contributed by atoms with Crippen molar-refractivity contribution in [3.63, 3.8) is 0 Å². The van der Waals surface area contributed by atoms with Gasteiger partial charge in [0.15, 0.2) is 0 Å². The molecule has 0 aliphatic heterocycles. The first-order chi connectivity index (χ1) is 5.16. The average molecular weight is 152 g/mol. The fourth-order valence-electron chi connectivity index (χ4n) is 0.794. The van der Waals surface area contributed by atoms with Crippen LogP contribution in [0.1, 0.15) is 40.0 Å². The molecule has 0 fully saturated rings. The summed E-state index contributed by atoms with van der Waals surface area (Å²) in [6, 6.07) is 0. The van der Waals surface area contributed by atoms with Gasteiger partial charge in [-0.1, -0.05) is 38.0 Å². The molecule has 0 rings (SSSR count). The Kier molecular flexibility index (Phi) is 5.91. The lowest BCUT2D eigenvalue weighted by Gasteiger charge is -1.99. The number of rotatable bonds is 5. The fraction of sp³-hybridized carbons (Fsp3) is 0.636. The fourth-order valence-corrected chi connectivity index (χ4v) is 0.794. The van der Waals surface area contributed by atoms with E-state index < -0.39 is 0 Å². The third-order valence-electron chi connectivity index (χ3n) is 1.85. The normalized spacial score (nSPS) is 13.7. The third-order valence-corrected chi connectivity index (χ3v) is 1.85. The van der Waals surface area contributed by atoms with Crippen LogP contribution in [0.25, 0.3) is 0 Å². The van der Waals surface area contributed by atoms with Crippen LogP contribution in [-0.4, -0.2) is 0 Å². The van der Waals surface area contributed by atoms with Gasteiger partial charge in [-0.15, -0.1) is 6.58 Å². The second-order valence-corrected chi connectivity index (χ2v) is 3.31. The van der Waals surface area contributed by atoms with Crippen molar-refractivity contribution in [1.82, 2.24) is 0 Å². The van der Waals surface area contributed by atoms with Gasteiger partial charge in [0.2, 0.25) is 0 Å². The number of hydrogen-bond acceptors (Lipinski definition) is 0. The van der Waals surface area contributed by atoms with Gasteiger partial charge in [0, 0.05) is 0 Å². The van der Waals surface area contributed by atoms with E-state index in [0.717, 1.165) is 18.8 Å². The molecular weight excluding hydrogens is 132 g/mol. The van der Waals surface area contributed by atoms with Crippen LogP contribution < -0.4 is 0 Å². The maximum absolute atomic E-state index is 3.86. The maximum atomic E-state index is 3.86. The maximum Gasteiger partial charge on any atom is -0.0265 e. The first-order valence-electron chi connectivity index (χ1n) is 4.47. The van der Waals surface area contributed by atoms with Gasteiger partial charge >= 0.3 is 0 Å². The smallest absolute Gasteiger partial charge is 0.0265 e. The predicted molar refractivity (Wildman–Crippen MR) is 52.6 cm³/mol. The molecule has 0 bridgehead atoms. The topological polar surface area (TPSA) is 0 Å². The van der Waals surface area contributed by atoms with Gasteiger partial charge in [0.05, 0.1) is 0 Å². The molecule has 0 aromatic heterocycles. The zero-order valence-corrected chi connectivity index (χ0v) is 8.06. The van der Waals surface area contributed by atoms with Gasteiger partial charge in [-0.25, -0.2) is 0 Å². The molecule has 0 aromatic carbocycles. The molecule has 0 nitrogen and oxygen atoms in total. The summed E-state index contributed by atoms with van der Waals surface area (Å²) in [6.07, 6.45) is 8.09. The van der Waals surface area contributed by atoms with Crippen LogP contribution in [0.3, 0.4) is 0 Å². The van der Waals surface area contributed by atoms with Gasteiger partial charge in [-0.2, -0.15) is 0 Å². The second-order valence-electron chi connectivity index (χ2n) is 3.31.